The van der Waals surface area contributed by atoms with Gasteiger partial charge < -0.3 is 20.7 Å². The maximum Gasteiger partial charge on any atom is 0.255 e. The maximum atomic E-state index is 12.3. The van der Waals surface area contributed by atoms with Crippen molar-refractivity contribution in [3.05, 3.63) is 48.0 Å². The molecule has 0 aliphatic heterocycles. The highest BCUT2D eigenvalue weighted by Crippen LogP contribution is 2.26. The summed E-state index contributed by atoms with van der Waals surface area (Å²) < 4.78 is 5.09. The molecule has 0 bridgehead atoms. The molecule has 0 radical (unpaired) electrons. The van der Waals surface area contributed by atoms with Gasteiger partial charge in [-0.1, -0.05) is 0 Å². The lowest BCUT2D eigenvalue weighted by molar-refractivity contribution is 0.102. The van der Waals surface area contributed by atoms with Gasteiger partial charge in [-0.2, -0.15) is 0 Å². The van der Waals surface area contributed by atoms with Crippen LogP contribution in [0.2, 0.25) is 0 Å². The van der Waals surface area contributed by atoms with Crippen LogP contribution >= 0.6 is 0 Å². The summed E-state index contributed by atoms with van der Waals surface area (Å²) in [6, 6.07) is 12.6. The van der Waals surface area contributed by atoms with Crippen molar-refractivity contribution >= 4 is 23.0 Å². The molecule has 2 rings (SSSR count). The number of carbonyl (C=O) groups is 1. The van der Waals surface area contributed by atoms with Crippen molar-refractivity contribution < 1.29 is 9.53 Å². The number of hydrogen-bond acceptors (Lipinski definition) is 4. The molecule has 0 saturated heterocycles. The molecule has 0 atom stereocenters. The first-order valence-corrected chi connectivity index (χ1v) is 7.68. The van der Waals surface area contributed by atoms with E-state index >= 15 is 0 Å². The first-order chi connectivity index (χ1) is 11.1. The molecule has 23 heavy (non-hydrogen) atoms. The molecule has 0 aliphatic carbocycles. The number of ether oxygens (including phenoxy) is 1. The Hall–Kier alpha value is -2.69. The Morgan fingerprint density at radius 1 is 1.13 bits per heavy atom. The fourth-order valence-electron chi connectivity index (χ4n) is 2.43. The van der Waals surface area contributed by atoms with E-state index in [1.165, 1.54) is 0 Å². The summed E-state index contributed by atoms with van der Waals surface area (Å²) >= 11 is 0. The number of methoxy groups -OCH3 is 1. The van der Waals surface area contributed by atoms with Gasteiger partial charge in [0.05, 0.1) is 18.5 Å². The van der Waals surface area contributed by atoms with E-state index in [-0.39, 0.29) is 5.91 Å². The lowest BCUT2D eigenvalue weighted by atomic mass is 10.2. The second-order valence-corrected chi connectivity index (χ2v) is 5.13. The predicted molar refractivity (Wildman–Crippen MR) is 95.4 cm³/mol. The fourth-order valence-corrected chi connectivity index (χ4v) is 2.43. The third kappa shape index (κ3) is 3.94. The number of hydrogen-bond donors (Lipinski definition) is 2. The zero-order valence-electron chi connectivity index (χ0n) is 13.8. The monoisotopic (exact) mass is 313 g/mol. The molecule has 5 heteroatoms. The van der Waals surface area contributed by atoms with Crippen molar-refractivity contribution in [3.63, 3.8) is 0 Å². The van der Waals surface area contributed by atoms with Crippen molar-refractivity contribution in [1.29, 1.82) is 0 Å². The van der Waals surface area contributed by atoms with Gasteiger partial charge in [-0.05, 0) is 56.3 Å². The first-order valence-electron chi connectivity index (χ1n) is 7.68. The number of nitrogens with two attached hydrogens (primary N) is 1. The van der Waals surface area contributed by atoms with Gasteiger partial charge in [0, 0.05) is 24.3 Å². The minimum atomic E-state index is -0.178. The number of amides is 1. The Morgan fingerprint density at radius 3 is 2.30 bits per heavy atom. The van der Waals surface area contributed by atoms with E-state index in [0.29, 0.717) is 16.9 Å². The van der Waals surface area contributed by atoms with Crippen molar-refractivity contribution in [2.24, 2.45) is 0 Å². The topological polar surface area (TPSA) is 67.6 Å². The minimum absolute atomic E-state index is 0.178. The normalized spacial score (nSPS) is 10.2. The summed E-state index contributed by atoms with van der Waals surface area (Å²) in [5.41, 5.74) is 9.00. The Kier molecular flexibility index (Phi) is 5.46. The predicted octanol–water partition coefficient (Wildman–Crippen LogP) is 3.38. The zero-order chi connectivity index (χ0) is 16.8. The molecule has 0 heterocycles. The standard InChI is InChI=1S/C18H23N3O2/c1-4-21(5-2)17-11-8-14(12-16(17)19)20-18(22)13-6-9-15(23-3)10-7-13/h6-12H,4-5,19H2,1-3H3,(H,20,22). The Bertz CT molecular complexity index is 664. The van der Waals surface area contributed by atoms with Gasteiger partial charge in [0.2, 0.25) is 0 Å². The molecule has 0 spiro atoms. The van der Waals surface area contributed by atoms with Crippen molar-refractivity contribution in [1.82, 2.24) is 0 Å². The highest BCUT2D eigenvalue weighted by Gasteiger charge is 2.10. The Balaban J connectivity index is 2.13. The average molecular weight is 313 g/mol. The molecule has 3 N–H and O–H groups in total. The third-order valence-electron chi connectivity index (χ3n) is 3.74. The summed E-state index contributed by atoms with van der Waals surface area (Å²) in [5, 5.41) is 2.86. The van der Waals surface area contributed by atoms with E-state index in [1.807, 2.05) is 12.1 Å². The number of nitrogen functional groups attached to an aromatic ring is 1. The van der Waals surface area contributed by atoms with Crippen LogP contribution in [-0.2, 0) is 0 Å². The first kappa shape index (κ1) is 16.7. The SMILES string of the molecule is CCN(CC)c1ccc(NC(=O)c2ccc(OC)cc2)cc1N. The number of carbonyl (C=O) groups excluding carboxylic acids is 1. The molecule has 2 aromatic carbocycles. The molecular formula is C18H23N3O2. The van der Waals surface area contributed by atoms with Crippen LogP contribution in [0.25, 0.3) is 0 Å². The van der Waals surface area contributed by atoms with Gasteiger partial charge >= 0.3 is 0 Å². The summed E-state index contributed by atoms with van der Waals surface area (Å²) in [6.45, 7) is 5.95. The number of benzene rings is 2. The summed E-state index contributed by atoms with van der Waals surface area (Å²) in [6.07, 6.45) is 0. The van der Waals surface area contributed by atoms with Crippen LogP contribution in [0.3, 0.4) is 0 Å². The molecule has 0 aromatic heterocycles. The van der Waals surface area contributed by atoms with Gasteiger partial charge in [0.15, 0.2) is 0 Å². The zero-order valence-corrected chi connectivity index (χ0v) is 13.8. The smallest absolute Gasteiger partial charge is 0.255 e. The summed E-state index contributed by atoms with van der Waals surface area (Å²) in [7, 11) is 1.59. The van der Waals surface area contributed by atoms with Crippen molar-refractivity contribution in [2.45, 2.75) is 13.8 Å². The lowest BCUT2D eigenvalue weighted by Crippen LogP contribution is -2.23. The molecule has 0 unspecified atom stereocenters. The van der Waals surface area contributed by atoms with Crippen LogP contribution < -0.4 is 20.7 Å². The van der Waals surface area contributed by atoms with E-state index < -0.39 is 0 Å². The minimum Gasteiger partial charge on any atom is -0.497 e. The van der Waals surface area contributed by atoms with Crippen molar-refractivity contribution in [3.8, 4) is 5.75 Å². The van der Waals surface area contributed by atoms with Gasteiger partial charge in [-0.3, -0.25) is 4.79 Å². The summed E-state index contributed by atoms with van der Waals surface area (Å²) in [4.78, 5) is 14.4. The lowest BCUT2D eigenvalue weighted by Gasteiger charge is -2.23. The van der Waals surface area contributed by atoms with Crippen molar-refractivity contribution in [2.75, 3.05) is 36.1 Å². The van der Waals surface area contributed by atoms with Gasteiger partial charge in [0.25, 0.3) is 5.91 Å². The molecule has 122 valence electrons. The average Bonchev–Trinajstić information content (AvgIpc) is 2.57. The highest BCUT2D eigenvalue weighted by molar-refractivity contribution is 6.04. The molecular weight excluding hydrogens is 290 g/mol. The Labute approximate surface area is 137 Å². The van der Waals surface area contributed by atoms with E-state index in [9.17, 15) is 4.79 Å². The fraction of sp³-hybridized carbons (Fsp3) is 0.278. The maximum absolute atomic E-state index is 12.3. The molecule has 1 amide bonds. The number of nitrogens with zero attached hydrogens (tertiary/aromatic N) is 1. The molecule has 0 fully saturated rings. The van der Waals surface area contributed by atoms with Crippen LogP contribution in [0.1, 0.15) is 24.2 Å². The van der Waals surface area contributed by atoms with Gasteiger partial charge in [0.1, 0.15) is 5.75 Å². The van der Waals surface area contributed by atoms with Gasteiger partial charge in [-0.25, -0.2) is 0 Å². The number of anilines is 3. The van der Waals surface area contributed by atoms with Gasteiger partial charge in [-0.15, -0.1) is 0 Å². The van der Waals surface area contributed by atoms with Crippen LogP contribution in [0.15, 0.2) is 42.5 Å². The largest absolute Gasteiger partial charge is 0.497 e. The van der Waals surface area contributed by atoms with E-state index in [4.69, 9.17) is 10.5 Å². The molecule has 2 aromatic rings. The second kappa shape index (κ2) is 7.54. The van der Waals surface area contributed by atoms with Crippen LogP contribution in [0.5, 0.6) is 5.75 Å². The Morgan fingerprint density at radius 2 is 1.78 bits per heavy atom. The van der Waals surface area contributed by atoms with E-state index in [0.717, 1.165) is 24.5 Å². The van der Waals surface area contributed by atoms with Crippen LogP contribution in [0.4, 0.5) is 17.1 Å². The van der Waals surface area contributed by atoms with E-state index in [1.54, 1.807) is 37.4 Å². The second-order valence-electron chi connectivity index (χ2n) is 5.13. The third-order valence-corrected chi connectivity index (χ3v) is 3.74. The highest BCUT2D eigenvalue weighted by atomic mass is 16.5. The molecule has 0 aliphatic rings. The number of rotatable bonds is 6. The van der Waals surface area contributed by atoms with Crippen LogP contribution in [0, 0.1) is 0 Å². The van der Waals surface area contributed by atoms with Crippen LogP contribution in [-0.4, -0.2) is 26.1 Å². The van der Waals surface area contributed by atoms with E-state index in [2.05, 4.69) is 24.1 Å². The molecule has 5 nitrogen and oxygen atoms in total. The quantitative estimate of drug-likeness (QED) is 0.802. The summed E-state index contributed by atoms with van der Waals surface area (Å²) in [5.74, 6) is 0.539. The number of nitrogens with one attached hydrogen (secondary N) is 1. The molecule has 0 saturated carbocycles.